The number of benzene rings is 1. The molecular formula is C20H24ClN3O2S. The number of rotatable bonds is 8. The highest BCUT2D eigenvalue weighted by molar-refractivity contribution is 7.12. The van der Waals surface area contributed by atoms with E-state index in [9.17, 15) is 9.59 Å². The van der Waals surface area contributed by atoms with Crippen LogP contribution in [0, 0.1) is 0 Å². The van der Waals surface area contributed by atoms with Crippen LogP contribution in [0.15, 0.2) is 35.7 Å². The molecular weight excluding hydrogens is 382 g/mol. The molecule has 1 aliphatic heterocycles. The molecule has 0 aliphatic carbocycles. The van der Waals surface area contributed by atoms with Crippen molar-refractivity contribution in [3.8, 4) is 0 Å². The third-order valence-corrected chi connectivity index (χ3v) is 5.81. The highest BCUT2D eigenvalue weighted by Gasteiger charge is 2.13. The van der Waals surface area contributed by atoms with Crippen LogP contribution in [0.1, 0.15) is 45.7 Å². The molecule has 1 aromatic carbocycles. The zero-order valence-corrected chi connectivity index (χ0v) is 16.7. The van der Waals surface area contributed by atoms with Crippen molar-refractivity contribution in [2.75, 3.05) is 31.5 Å². The molecule has 27 heavy (non-hydrogen) atoms. The lowest BCUT2D eigenvalue weighted by Crippen LogP contribution is -2.26. The van der Waals surface area contributed by atoms with Crippen LogP contribution in [0.2, 0.25) is 5.02 Å². The summed E-state index contributed by atoms with van der Waals surface area (Å²) >= 11 is 7.52. The SMILES string of the molecule is O=C(NCCCCN1CCCC1)c1ccc(Cl)c(NC(=O)c2cccs2)c1. The van der Waals surface area contributed by atoms with Gasteiger partial charge in [-0.15, -0.1) is 11.3 Å². The first-order valence-electron chi connectivity index (χ1n) is 9.28. The Bertz CT molecular complexity index is 774. The van der Waals surface area contributed by atoms with E-state index in [1.807, 2.05) is 11.4 Å². The van der Waals surface area contributed by atoms with E-state index in [2.05, 4.69) is 15.5 Å². The number of nitrogens with one attached hydrogen (secondary N) is 2. The molecule has 0 bridgehead atoms. The van der Waals surface area contributed by atoms with Gasteiger partial charge >= 0.3 is 0 Å². The summed E-state index contributed by atoms with van der Waals surface area (Å²) in [5.41, 5.74) is 0.928. The minimum absolute atomic E-state index is 0.153. The van der Waals surface area contributed by atoms with E-state index in [0.717, 1.165) is 19.4 Å². The number of nitrogens with zero attached hydrogens (tertiary/aromatic N) is 1. The molecule has 7 heteroatoms. The minimum Gasteiger partial charge on any atom is -0.352 e. The average molecular weight is 406 g/mol. The van der Waals surface area contributed by atoms with Gasteiger partial charge in [0.1, 0.15) is 0 Å². The van der Waals surface area contributed by atoms with Gasteiger partial charge in [-0.2, -0.15) is 0 Å². The molecule has 0 radical (unpaired) electrons. The summed E-state index contributed by atoms with van der Waals surface area (Å²) in [4.78, 5) is 27.6. The van der Waals surface area contributed by atoms with Crippen molar-refractivity contribution in [2.45, 2.75) is 25.7 Å². The maximum atomic E-state index is 12.4. The first kappa shape index (κ1) is 19.9. The predicted octanol–water partition coefficient (Wildman–Crippen LogP) is 4.26. The molecule has 0 unspecified atom stereocenters. The average Bonchev–Trinajstić information content (AvgIpc) is 3.37. The molecule has 0 atom stereocenters. The number of thiophene rings is 1. The van der Waals surface area contributed by atoms with Gasteiger partial charge < -0.3 is 15.5 Å². The van der Waals surface area contributed by atoms with Gasteiger partial charge in [0.05, 0.1) is 15.6 Å². The van der Waals surface area contributed by atoms with Crippen LogP contribution in [0.4, 0.5) is 5.69 Å². The van der Waals surface area contributed by atoms with Gasteiger partial charge in [-0.25, -0.2) is 0 Å². The van der Waals surface area contributed by atoms with Crippen molar-refractivity contribution in [1.29, 1.82) is 0 Å². The number of carbonyl (C=O) groups is 2. The second-order valence-corrected chi connectivity index (χ2v) is 7.99. The fourth-order valence-electron chi connectivity index (χ4n) is 3.12. The van der Waals surface area contributed by atoms with E-state index >= 15 is 0 Å². The van der Waals surface area contributed by atoms with E-state index in [4.69, 9.17) is 11.6 Å². The van der Waals surface area contributed by atoms with Crippen molar-refractivity contribution in [3.05, 3.63) is 51.2 Å². The van der Waals surface area contributed by atoms with Gasteiger partial charge in [0.25, 0.3) is 11.8 Å². The largest absolute Gasteiger partial charge is 0.352 e. The van der Waals surface area contributed by atoms with Crippen molar-refractivity contribution < 1.29 is 9.59 Å². The molecule has 2 aromatic rings. The number of anilines is 1. The van der Waals surface area contributed by atoms with Gasteiger partial charge in [-0.1, -0.05) is 17.7 Å². The van der Waals surface area contributed by atoms with Crippen molar-refractivity contribution in [1.82, 2.24) is 10.2 Å². The van der Waals surface area contributed by atoms with Gasteiger partial charge in [0, 0.05) is 12.1 Å². The molecule has 144 valence electrons. The lowest BCUT2D eigenvalue weighted by atomic mass is 10.1. The zero-order chi connectivity index (χ0) is 19.1. The first-order valence-corrected chi connectivity index (χ1v) is 10.5. The molecule has 3 rings (SSSR count). The standard InChI is InChI=1S/C20H24ClN3O2S/c21-16-8-7-15(14-17(16)23-20(26)18-6-5-13-27-18)19(25)22-9-1-2-10-24-11-3-4-12-24/h5-8,13-14H,1-4,9-12H2,(H,22,25)(H,23,26). The van der Waals surface area contributed by atoms with Crippen molar-refractivity contribution >= 4 is 40.4 Å². The summed E-state index contributed by atoms with van der Waals surface area (Å²) in [5.74, 6) is -0.383. The molecule has 5 nitrogen and oxygen atoms in total. The Morgan fingerprint density at radius 3 is 2.67 bits per heavy atom. The molecule has 0 spiro atoms. The summed E-state index contributed by atoms with van der Waals surface area (Å²) in [6.07, 6.45) is 4.65. The van der Waals surface area contributed by atoms with Crippen LogP contribution in [0.25, 0.3) is 0 Å². The number of likely N-dealkylation sites (tertiary alicyclic amines) is 1. The van der Waals surface area contributed by atoms with E-state index in [0.29, 0.717) is 27.7 Å². The lowest BCUT2D eigenvalue weighted by Gasteiger charge is -2.14. The van der Waals surface area contributed by atoms with Crippen molar-refractivity contribution in [2.24, 2.45) is 0 Å². The Balaban J connectivity index is 1.48. The van der Waals surface area contributed by atoms with E-state index in [1.165, 1.54) is 37.3 Å². The lowest BCUT2D eigenvalue weighted by molar-refractivity contribution is 0.0951. The third-order valence-electron chi connectivity index (χ3n) is 4.61. The normalized spacial score (nSPS) is 14.3. The molecule has 1 fully saturated rings. The second kappa shape index (κ2) is 9.88. The number of halogens is 1. The number of hydrogen-bond donors (Lipinski definition) is 2. The van der Waals surface area contributed by atoms with Crippen LogP contribution in [-0.4, -0.2) is 42.9 Å². The highest BCUT2D eigenvalue weighted by Crippen LogP contribution is 2.24. The van der Waals surface area contributed by atoms with Gasteiger partial charge in [0.15, 0.2) is 0 Å². The van der Waals surface area contributed by atoms with E-state index in [1.54, 1.807) is 24.3 Å². The van der Waals surface area contributed by atoms with Crippen molar-refractivity contribution in [3.63, 3.8) is 0 Å². The number of unbranched alkanes of at least 4 members (excludes halogenated alkanes) is 1. The Kier molecular flexibility index (Phi) is 7.26. The smallest absolute Gasteiger partial charge is 0.265 e. The fourth-order valence-corrected chi connectivity index (χ4v) is 3.91. The quantitative estimate of drug-likeness (QED) is 0.645. The highest BCUT2D eigenvalue weighted by atomic mass is 35.5. The van der Waals surface area contributed by atoms with Crippen LogP contribution < -0.4 is 10.6 Å². The van der Waals surface area contributed by atoms with Gasteiger partial charge in [-0.05, 0) is 75.0 Å². The van der Waals surface area contributed by atoms with E-state index < -0.39 is 0 Å². The molecule has 2 amide bonds. The van der Waals surface area contributed by atoms with Crippen LogP contribution in [0.3, 0.4) is 0 Å². The topological polar surface area (TPSA) is 61.4 Å². The Morgan fingerprint density at radius 2 is 1.93 bits per heavy atom. The Morgan fingerprint density at radius 1 is 1.11 bits per heavy atom. The monoisotopic (exact) mass is 405 g/mol. The molecule has 2 N–H and O–H groups in total. The second-order valence-electron chi connectivity index (χ2n) is 6.64. The third kappa shape index (κ3) is 5.79. The summed E-state index contributed by atoms with van der Waals surface area (Å²) in [5, 5.41) is 7.95. The molecule has 1 aliphatic rings. The van der Waals surface area contributed by atoms with Gasteiger partial charge in [-0.3, -0.25) is 9.59 Å². The molecule has 0 saturated carbocycles. The van der Waals surface area contributed by atoms with Crippen LogP contribution >= 0.6 is 22.9 Å². The van der Waals surface area contributed by atoms with Gasteiger partial charge in [0.2, 0.25) is 0 Å². The maximum absolute atomic E-state index is 12.4. The molecule has 2 heterocycles. The van der Waals surface area contributed by atoms with Crippen LogP contribution in [0.5, 0.6) is 0 Å². The van der Waals surface area contributed by atoms with Crippen LogP contribution in [-0.2, 0) is 0 Å². The summed E-state index contributed by atoms with van der Waals surface area (Å²) in [6.45, 7) is 4.16. The minimum atomic E-state index is -0.230. The fraction of sp³-hybridized carbons (Fsp3) is 0.400. The first-order chi connectivity index (χ1) is 13.1. The molecule has 1 saturated heterocycles. The number of carbonyl (C=O) groups excluding carboxylic acids is 2. The predicted molar refractivity (Wildman–Crippen MR) is 111 cm³/mol. The zero-order valence-electron chi connectivity index (χ0n) is 15.2. The summed E-state index contributed by atoms with van der Waals surface area (Å²) < 4.78 is 0. The Hall–Kier alpha value is -1.89. The Labute approximate surface area is 168 Å². The molecule has 1 aromatic heterocycles. The maximum Gasteiger partial charge on any atom is 0.265 e. The van der Waals surface area contributed by atoms with E-state index in [-0.39, 0.29) is 11.8 Å². The summed E-state index contributed by atoms with van der Waals surface area (Å²) in [6, 6.07) is 8.48. The number of amides is 2. The number of hydrogen-bond acceptors (Lipinski definition) is 4. The summed E-state index contributed by atoms with van der Waals surface area (Å²) in [7, 11) is 0.